The number of hydrazone groups is 1. The highest BCUT2D eigenvalue weighted by Gasteiger charge is 2.18. The van der Waals surface area contributed by atoms with E-state index in [1.165, 1.54) is 17.6 Å². The standard InChI is InChI=1S/C17H17ClN4O4S/c18-12-7-11(8-14-15(12)26-6-5-25-14)9-19-21-16(23)13-10-27-17(20-13)22-1-3-24-4-2-22/h7-10H,1-6H2,(H,21,23)/b19-9-. The van der Waals surface area contributed by atoms with Crippen LogP contribution in [0.5, 0.6) is 11.5 Å². The smallest absolute Gasteiger partial charge is 0.290 e. The SMILES string of the molecule is O=C(N/N=C\c1cc(Cl)c2c(c1)OCCO2)c1csc(N2CCOCC2)n1. The molecule has 4 rings (SSSR count). The molecule has 1 amide bonds. The van der Waals surface area contributed by atoms with Crippen LogP contribution in [0.25, 0.3) is 0 Å². The molecule has 3 heterocycles. The summed E-state index contributed by atoms with van der Waals surface area (Å²) >= 11 is 7.62. The van der Waals surface area contributed by atoms with Crippen molar-refractivity contribution >= 4 is 40.2 Å². The predicted molar refractivity (Wildman–Crippen MR) is 103 cm³/mol. The average molecular weight is 409 g/mol. The zero-order valence-corrected chi connectivity index (χ0v) is 15.9. The van der Waals surface area contributed by atoms with E-state index in [9.17, 15) is 4.79 Å². The minimum Gasteiger partial charge on any atom is -0.486 e. The summed E-state index contributed by atoms with van der Waals surface area (Å²) < 4.78 is 16.3. The third kappa shape index (κ3) is 4.15. The number of hydrogen-bond acceptors (Lipinski definition) is 8. The van der Waals surface area contributed by atoms with Gasteiger partial charge in [-0.15, -0.1) is 11.3 Å². The van der Waals surface area contributed by atoms with E-state index in [0.717, 1.165) is 18.2 Å². The van der Waals surface area contributed by atoms with E-state index in [2.05, 4.69) is 20.4 Å². The molecule has 0 bridgehead atoms. The number of carbonyl (C=O) groups excluding carboxylic acids is 1. The van der Waals surface area contributed by atoms with E-state index in [0.29, 0.717) is 54.2 Å². The zero-order chi connectivity index (χ0) is 18.6. The van der Waals surface area contributed by atoms with Crippen LogP contribution in [0.3, 0.4) is 0 Å². The number of nitrogens with zero attached hydrogens (tertiary/aromatic N) is 3. The molecule has 0 unspecified atom stereocenters. The van der Waals surface area contributed by atoms with Crippen LogP contribution in [0, 0.1) is 0 Å². The monoisotopic (exact) mass is 408 g/mol. The molecular formula is C17H17ClN4O4S. The summed E-state index contributed by atoms with van der Waals surface area (Å²) in [5, 5.41) is 6.95. The van der Waals surface area contributed by atoms with E-state index < -0.39 is 0 Å². The fourth-order valence-corrected chi connectivity index (χ4v) is 3.83. The maximum Gasteiger partial charge on any atom is 0.290 e. The van der Waals surface area contributed by atoms with Gasteiger partial charge in [-0.2, -0.15) is 5.10 Å². The van der Waals surface area contributed by atoms with Gasteiger partial charge in [-0.05, 0) is 17.7 Å². The van der Waals surface area contributed by atoms with Gasteiger partial charge in [0.25, 0.3) is 5.91 Å². The lowest BCUT2D eigenvalue weighted by atomic mass is 10.2. The van der Waals surface area contributed by atoms with Gasteiger partial charge in [0.1, 0.15) is 18.9 Å². The molecule has 27 heavy (non-hydrogen) atoms. The minimum absolute atomic E-state index is 0.332. The summed E-state index contributed by atoms with van der Waals surface area (Å²) in [5.41, 5.74) is 3.50. The van der Waals surface area contributed by atoms with Gasteiger partial charge in [-0.3, -0.25) is 4.79 Å². The Kier molecular flexibility index (Phi) is 5.42. The van der Waals surface area contributed by atoms with E-state index in [-0.39, 0.29) is 5.91 Å². The highest BCUT2D eigenvalue weighted by Crippen LogP contribution is 2.37. The Bertz CT molecular complexity index is 867. The molecule has 2 aliphatic heterocycles. The molecule has 2 aliphatic rings. The second-order valence-electron chi connectivity index (χ2n) is 5.84. The molecule has 0 radical (unpaired) electrons. The van der Waals surface area contributed by atoms with Gasteiger partial charge >= 0.3 is 0 Å². The van der Waals surface area contributed by atoms with E-state index in [1.54, 1.807) is 17.5 Å². The molecular weight excluding hydrogens is 392 g/mol. The fraction of sp³-hybridized carbons (Fsp3) is 0.353. The Morgan fingerprint density at radius 3 is 2.93 bits per heavy atom. The summed E-state index contributed by atoms with van der Waals surface area (Å²) in [6.07, 6.45) is 1.50. The number of amides is 1. The first-order chi connectivity index (χ1) is 13.2. The molecule has 1 aromatic heterocycles. The number of thiazole rings is 1. The maximum absolute atomic E-state index is 12.2. The molecule has 1 saturated heterocycles. The Morgan fingerprint density at radius 2 is 2.07 bits per heavy atom. The van der Waals surface area contributed by atoms with E-state index in [1.807, 2.05) is 0 Å². The third-order valence-corrected chi connectivity index (χ3v) is 5.19. The maximum atomic E-state index is 12.2. The van der Waals surface area contributed by atoms with Crippen molar-refractivity contribution in [2.75, 3.05) is 44.4 Å². The predicted octanol–water partition coefficient (Wildman–Crippen LogP) is 2.17. The molecule has 0 atom stereocenters. The number of ether oxygens (including phenoxy) is 3. The van der Waals surface area contributed by atoms with Crippen LogP contribution in [-0.2, 0) is 4.74 Å². The van der Waals surface area contributed by atoms with Crippen molar-refractivity contribution in [1.29, 1.82) is 0 Å². The van der Waals surface area contributed by atoms with E-state index >= 15 is 0 Å². The summed E-state index contributed by atoms with van der Waals surface area (Å²) in [6, 6.07) is 3.46. The summed E-state index contributed by atoms with van der Waals surface area (Å²) in [4.78, 5) is 18.7. The number of fused-ring (bicyclic) bond motifs is 1. The lowest BCUT2D eigenvalue weighted by molar-refractivity contribution is 0.0951. The first-order valence-electron chi connectivity index (χ1n) is 8.41. The van der Waals surface area contributed by atoms with Crippen molar-refractivity contribution in [2.24, 2.45) is 5.10 Å². The number of rotatable bonds is 4. The first kappa shape index (κ1) is 18.0. The number of aromatic nitrogens is 1. The van der Waals surface area contributed by atoms with Crippen molar-refractivity contribution in [2.45, 2.75) is 0 Å². The van der Waals surface area contributed by atoms with Crippen LogP contribution >= 0.6 is 22.9 Å². The summed E-state index contributed by atoms with van der Waals surface area (Å²) in [7, 11) is 0. The average Bonchev–Trinajstić information content (AvgIpc) is 3.19. The van der Waals surface area contributed by atoms with Crippen LogP contribution in [0.4, 0.5) is 5.13 Å². The third-order valence-electron chi connectivity index (χ3n) is 4.01. The number of nitrogens with one attached hydrogen (secondary N) is 1. The van der Waals surface area contributed by atoms with Gasteiger partial charge in [0, 0.05) is 18.5 Å². The van der Waals surface area contributed by atoms with Crippen molar-refractivity contribution < 1.29 is 19.0 Å². The van der Waals surface area contributed by atoms with Crippen LogP contribution in [0.2, 0.25) is 5.02 Å². The highest BCUT2D eigenvalue weighted by molar-refractivity contribution is 7.13. The Hall–Kier alpha value is -2.36. The fourth-order valence-electron chi connectivity index (χ4n) is 2.70. The van der Waals surface area contributed by atoms with Gasteiger partial charge in [-0.25, -0.2) is 10.4 Å². The van der Waals surface area contributed by atoms with Crippen LogP contribution < -0.4 is 19.8 Å². The van der Waals surface area contributed by atoms with E-state index in [4.69, 9.17) is 25.8 Å². The van der Waals surface area contributed by atoms with Crippen molar-refractivity contribution in [3.63, 3.8) is 0 Å². The highest BCUT2D eigenvalue weighted by atomic mass is 35.5. The number of hydrogen-bond donors (Lipinski definition) is 1. The van der Waals surface area contributed by atoms with Gasteiger partial charge in [0.2, 0.25) is 0 Å². The topological polar surface area (TPSA) is 85.3 Å². The molecule has 1 fully saturated rings. The first-order valence-corrected chi connectivity index (χ1v) is 9.67. The van der Waals surface area contributed by atoms with Gasteiger partial charge in [0.05, 0.1) is 24.5 Å². The van der Waals surface area contributed by atoms with Gasteiger partial charge in [0.15, 0.2) is 16.6 Å². The molecule has 10 heteroatoms. The van der Waals surface area contributed by atoms with Gasteiger partial charge in [-0.1, -0.05) is 11.6 Å². The molecule has 1 aromatic carbocycles. The second kappa shape index (κ2) is 8.12. The number of carbonyl (C=O) groups is 1. The molecule has 2 aromatic rings. The number of morpholine rings is 1. The minimum atomic E-state index is -0.370. The lowest BCUT2D eigenvalue weighted by Crippen LogP contribution is -2.36. The summed E-state index contributed by atoms with van der Waals surface area (Å²) in [5.74, 6) is 0.726. The quantitative estimate of drug-likeness (QED) is 0.616. The second-order valence-corrected chi connectivity index (χ2v) is 7.08. The Labute approximate surface area is 164 Å². The van der Waals surface area contributed by atoms with Crippen molar-refractivity contribution in [1.82, 2.24) is 10.4 Å². The zero-order valence-electron chi connectivity index (χ0n) is 14.3. The van der Waals surface area contributed by atoms with Gasteiger partial charge < -0.3 is 19.1 Å². The lowest BCUT2D eigenvalue weighted by Gasteiger charge is -2.25. The largest absolute Gasteiger partial charge is 0.486 e. The molecule has 142 valence electrons. The Balaban J connectivity index is 1.39. The van der Waals surface area contributed by atoms with Crippen molar-refractivity contribution in [3.05, 3.63) is 33.8 Å². The molecule has 0 spiro atoms. The van der Waals surface area contributed by atoms with Crippen LogP contribution in [0.15, 0.2) is 22.6 Å². The number of halogens is 1. The van der Waals surface area contributed by atoms with Crippen LogP contribution in [0.1, 0.15) is 16.1 Å². The van der Waals surface area contributed by atoms with Crippen molar-refractivity contribution in [3.8, 4) is 11.5 Å². The number of benzene rings is 1. The number of anilines is 1. The molecule has 8 nitrogen and oxygen atoms in total. The molecule has 1 N–H and O–H groups in total. The molecule has 0 aliphatic carbocycles. The van der Waals surface area contributed by atoms with Crippen LogP contribution in [-0.4, -0.2) is 56.6 Å². The summed E-state index contributed by atoms with van der Waals surface area (Å²) in [6.45, 7) is 3.83. The Morgan fingerprint density at radius 1 is 1.26 bits per heavy atom. The molecule has 0 saturated carbocycles. The normalized spacial score (nSPS) is 16.6.